The maximum Gasteiger partial charge on any atom is 0.269 e. The molecule has 0 bridgehead atoms. The Labute approximate surface area is 170 Å². The summed E-state index contributed by atoms with van der Waals surface area (Å²) in [5.41, 5.74) is 3.29. The molecule has 0 saturated carbocycles. The molecule has 0 aliphatic rings. The lowest BCUT2D eigenvalue weighted by atomic mass is 10.1. The van der Waals surface area contributed by atoms with Gasteiger partial charge in [0, 0.05) is 30.4 Å². The van der Waals surface area contributed by atoms with Gasteiger partial charge in [0.25, 0.3) is 11.8 Å². The van der Waals surface area contributed by atoms with Crippen LogP contribution in [0, 0.1) is 13.8 Å². The summed E-state index contributed by atoms with van der Waals surface area (Å²) in [5.74, 6) is -0.234. The topological polar surface area (TPSA) is 97.4 Å². The molecule has 1 aromatic carbocycles. The van der Waals surface area contributed by atoms with E-state index in [-0.39, 0.29) is 30.5 Å². The average Bonchev–Trinajstić information content (AvgIpc) is 2.68. The molecule has 0 aliphatic carbocycles. The van der Waals surface area contributed by atoms with E-state index >= 15 is 0 Å². The van der Waals surface area contributed by atoms with Crippen LogP contribution in [0.1, 0.15) is 45.3 Å². The minimum absolute atomic E-state index is 0.129. The van der Waals surface area contributed by atoms with Gasteiger partial charge in [-0.1, -0.05) is 12.6 Å². The molecule has 2 N–H and O–H groups in total. The van der Waals surface area contributed by atoms with Crippen molar-refractivity contribution in [2.75, 3.05) is 13.2 Å². The Bertz CT molecular complexity index is 937. The van der Waals surface area contributed by atoms with Gasteiger partial charge in [0.15, 0.2) is 12.4 Å². The van der Waals surface area contributed by atoms with Crippen molar-refractivity contribution in [1.29, 1.82) is 0 Å². The molecule has 2 aromatic rings. The van der Waals surface area contributed by atoms with E-state index in [4.69, 9.17) is 4.74 Å². The second kappa shape index (κ2) is 10.2. The number of amides is 2. The van der Waals surface area contributed by atoms with Gasteiger partial charge in [0.05, 0.1) is 0 Å². The maximum absolute atomic E-state index is 12.1. The molecule has 2 amide bonds. The number of hydrogen-bond donors (Lipinski definition) is 2. The van der Waals surface area contributed by atoms with Crippen LogP contribution in [-0.4, -0.2) is 35.7 Å². The summed E-state index contributed by atoms with van der Waals surface area (Å²) in [7, 11) is 0. The number of ketones is 1. The number of aryl methyl sites for hydroxylation is 2. The van der Waals surface area contributed by atoms with Gasteiger partial charge >= 0.3 is 0 Å². The third-order valence-electron chi connectivity index (χ3n) is 4.28. The number of nitrogens with zero attached hydrogens (tertiary/aromatic N) is 1. The molecule has 2 rings (SSSR count). The predicted molar refractivity (Wildman–Crippen MR) is 110 cm³/mol. The number of ether oxygens (including phenoxy) is 1. The molecule has 0 fully saturated rings. The largest absolute Gasteiger partial charge is 0.484 e. The average molecular weight is 395 g/mol. The number of rotatable bonds is 9. The van der Waals surface area contributed by atoms with Crippen molar-refractivity contribution in [3.05, 3.63) is 71.2 Å². The molecule has 152 valence electrons. The van der Waals surface area contributed by atoms with Crippen molar-refractivity contribution in [3.63, 3.8) is 0 Å². The molecule has 0 saturated heterocycles. The summed E-state index contributed by atoms with van der Waals surface area (Å²) in [4.78, 5) is 39.4. The monoisotopic (exact) mass is 395 g/mol. The fourth-order valence-electron chi connectivity index (χ4n) is 2.44. The van der Waals surface area contributed by atoms with E-state index in [0.717, 1.165) is 11.1 Å². The summed E-state index contributed by atoms with van der Waals surface area (Å²) >= 11 is 0. The SMILES string of the molecule is C=C(CCNC(=O)c1cc(C(C)=O)ccn1)NC(=O)COc1ccc(C)c(C)c1. The summed E-state index contributed by atoms with van der Waals surface area (Å²) in [5, 5.41) is 5.33. The highest BCUT2D eigenvalue weighted by molar-refractivity contribution is 5.98. The van der Waals surface area contributed by atoms with E-state index in [1.165, 1.54) is 19.2 Å². The lowest BCUT2D eigenvalue weighted by Gasteiger charge is -2.11. The highest BCUT2D eigenvalue weighted by Gasteiger charge is 2.10. The number of pyridine rings is 1. The van der Waals surface area contributed by atoms with Crippen molar-refractivity contribution >= 4 is 17.6 Å². The number of hydrogen-bond acceptors (Lipinski definition) is 5. The Kier molecular flexibility index (Phi) is 7.65. The molecule has 7 heteroatoms. The van der Waals surface area contributed by atoms with Crippen molar-refractivity contribution in [2.45, 2.75) is 27.2 Å². The van der Waals surface area contributed by atoms with Crippen LogP contribution in [0.2, 0.25) is 0 Å². The molecule has 1 aromatic heterocycles. The van der Waals surface area contributed by atoms with Gasteiger partial charge in [-0.15, -0.1) is 0 Å². The smallest absolute Gasteiger partial charge is 0.269 e. The third-order valence-corrected chi connectivity index (χ3v) is 4.28. The van der Waals surface area contributed by atoms with Crippen LogP contribution in [0.3, 0.4) is 0 Å². The Hall–Kier alpha value is -3.48. The molecule has 1 heterocycles. The Balaban J connectivity index is 1.72. The summed E-state index contributed by atoms with van der Waals surface area (Å²) < 4.78 is 5.48. The zero-order chi connectivity index (χ0) is 21.4. The predicted octanol–water partition coefficient (Wildman–Crippen LogP) is 2.73. The van der Waals surface area contributed by atoms with E-state index in [9.17, 15) is 14.4 Å². The van der Waals surface area contributed by atoms with E-state index < -0.39 is 5.91 Å². The van der Waals surface area contributed by atoms with Crippen LogP contribution in [0.4, 0.5) is 0 Å². The number of benzene rings is 1. The van der Waals surface area contributed by atoms with Crippen molar-refractivity contribution in [2.24, 2.45) is 0 Å². The molecule has 0 spiro atoms. The Morgan fingerprint density at radius 1 is 1.10 bits per heavy atom. The summed E-state index contributed by atoms with van der Waals surface area (Å²) in [6.45, 7) is 9.32. The van der Waals surface area contributed by atoms with Crippen LogP contribution in [-0.2, 0) is 4.79 Å². The quantitative estimate of drug-likeness (QED) is 0.636. The van der Waals surface area contributed by atoms with Gasteiger partial charge in [-0.05, 0) is 56.2 Å². The van der Waals surface area contributed by atoms with Crippen LogP contribution in [0.15, 0.2) is 48.8 Å². The van der Waals surface area contributed by atoms with Crippen LogP contribution >= 0.6 is 0 Å². The molecule has 0 atom stereocenters. The van der Waals surface area contributed by atoms with Gasteiger partial charge in [-0.25, -0.2) is 0 Å². The fraction of sp³-hybridized carbons (Fsp3) is 0.273. The van der Waals surface area contributed by atoms with Gasteiger partial charge in [0.2, 0.25) is 0 Å². The fourth-order valence-corrected chi connectivity index (χ4v) is 2.44. The molecule has 7 nitrogen and oxygen atoms in total. The number of aromatic nitrogens is 1. The molecule has 29 heavy (non-hydrogen) atoms. The van der Waals surface area contributed by atoms with Crippen molar-refractivity contribution in [3.8, 4) is 5.75 Å². The summed E-state index contributed by atoms with van der Waals surface area (Å²) in [6, 6.07) is 8.62. The summed E-state index contributed by atoms with van der Waals surface area (Å²) in [6.07, 6.45) is 1.77. The van der Waals surface area contributed by atoms with Crippen LogP contribution in [0.25, 0.3) is 0 Å². The first-order valence-corrected chi connectivity index (χ1v) is 9.19. The zero-order valence-corrected chi connectivity index (χ0v) is 16.9. The van der Waals surface area contributed by atoms with Crippen molar-refractivity contribution in [1.82, 2.24) is 15.6 Å². The molecule has 0 aliphatic heterocycles. The minimum atomic E-state index is -0.398. The van der Waals surface area contributed by atoms with Gasteiger partial charge in [0.1, 0.15) is 11.4 Å². The minimum Gasteiger partial charge on any atom is -0.484 e. The van der Waals surface area contributed by atoms with E-state index in [1.807, 2.05) is 32.0 Å². The van der Waals surface area contributed by atoms with Gasteiger partial charge in [-0.3, -0.25) is 19.4 Å². The highest BCUT2D eigenvalue weighted by Crippen LogP contribution is 2.16. The number of nitrogens with one attached hydrogen (secondary N) is 2. The second-order valence-corrected chi connectivity index (χ2v) is 6.68. The first-order chi connectivity index (χ1) is 13.8. The molecular weight excluding hydrogens is 370 g/mol. The van der Waals surface area contributed by atoms with Crippen molar-refractivity contribution < 1.29 is 19.1 Å². The normalized spacial score (nSPS) is 10.2. The number of carbonyl (C=O) groups is 3. The van der Waals surface area contributed by atoms with Crippen LogP contribution < -0.4 is 15.4 Å². The van der Waals surface area contributed by atoms with Gasteiger partial charge < -0.3 is 15.4 Å². The highest BCUT2D eigenvalue weighted by atomic mass is 16.5. The van der Waals surface area contributed by atoms with E-state index in [0.29, 0.717) is 23.4 Å². The lowest BCUT2D eigenvalue weighted by Crippen LogP contribution is -2.31. The first kappa shape index (κ1) is 21.8. The second-order valence-electron chi connectivity index (χ2n) is 6.68. The standard InChI is InChI=1S/C22H25N3O4/c1-14-5-6-19(11-15(14)2)29-13-21(27)25-16(3)7-9-24-22(28)20-12-18(17(4)26)8-10-23-20/h5-6,8,10-12H,3,7,9,13H2,1-2,4H3,(H,24,28)(H,25,27). The van der Waals surface area contributed by atoms with Gasteiger partial charge in [-0.2, -0.15) is 0 Å². The number of carbonyl (C=O) groups excluding carboxylic acids is 3. The number of Topliss-reactive ketones (excluding diaryl/α,β-unsaturated/α-hetero) is 1. The maximum atomic E-state index is 12.1. The molecule has 0 radical (unpaired) electrons. The third kappa shape index (κ3) is 6.88. The zero-order valence-electron chi connectivity index (χ0n) is 16.9. The Morgan fingerprint density at radius 2 is 1.86 bits per heavy atom. The first-order valence-electron chi connectivity index (χ1n) is 9.19. The molecule has 0 unspecified atom stereocenters. The Morgan fingerprint density at radius 3 is 2.55 bits per heavy atom. The van der Waals surface area contributed by atoms with E-state index in [2.05, 4.69) is 22.2 Å². The lowest BCUT2D eigenvalue weighted by molar-refractivity contribution is -0.122. The molecular formula is C22H25N3O4. The van der Waals surface area contributed by atoms with E-state index in [1.54, 1.807) is 6.07 Å². The van der Waals surface area contributed by atoms with Crippen LogP contribution in [0.5, 0.6) is 5.75 Å².